The van der Waals surface area contributed by atoms with Crippen molar-refractivity contribution in [1.82, 2.24) is 0 Å². The highest BCUT2D eigenvalue weighted by Gasteiger charge is 2.09. The van der Waals surface area contributed by atoms with Gasteiger partial charge in [0.2, 0.25) is 0 Å². The minimum atomic E-state index is -0.0488. The third-order valence-corrected chi connectivity index (χ3v) is 4.12. The maximum absolute atomic E-state index is 10.0. The predicted octanol–water partition coefficient (Wildman–Crippen LogP) is 6.09. The van der Waals surface area contributed by atoms with Gasteiger partial charge in [0.15, 0.2) is 0 Å². The maximum atomic E-state index is 10.0. The van der Waals surface area contributed by atoms with Crippen LogP contribution >= 0.6 is 0 Å². The van der Waals surface area contributed by atoms with Gasteiger partial charge in [0.05, 0.1) is 6.10 Å². The van der Waals surface area contributed by atoms with Gasteiger partial charge in [0, 0.05) is 0 Å². The van der Waals surface area contributed by atoms with E-state index in [2.05, 4.69) is 20.8 Å². The Labute approximate surface area is 122 Å². The molecule has 0 fully saturated rings. The van der Waals surface area contributed by atoms with E-state index in [1.165, 1.54) is 70.6 Å². The SMILES string of the molecule is CCCCCCCCCC(O)CC(C)CCCCC. The molecular weight excluding hydrogens is 232 g/mol. The molecule has 2 atom stereocenters. The zero-order valence-corrected chi connectivity index (χ0v) is 13.8. The van der Waals surface area contributed by atoms with Crippen LogP contribution in [0.2, 0.25) is 0 Å². The van der Waals surface area contributed by atoms with Crippen LogP contribution in [0.3, 0.4) is 0 Å². The van der Waals surface area contributed by atoms with Crippen molar-refractivity contribution in [1.29, 1.82) is 0 Å². The lowest BCUT2D eigenvalue weighted by atomic mass is 9.94. The summed E-state index contributed by atoms with van der Waals surface area (Å²) in [6.07, 6.45) is 16.6. The minimum absolute atomic E-state index is 0.0488. The molecule has 1 nitrogen and oxygen atoms in total. The minimum Gasteiger partial charge on any atom is -0.393 e. The summed E-state index contributed by atoms with van der Waals surface area (Å²) in [7, 11) is 0. The molecule has 0 saturated carbocycles. The molecule has 19 heavy (non-hydrogen) atoms. The predicted molar refractivity (Wildman–Crippen MR) is 86.5 cm³/mol. The van der Waals surface area contributed by atoms with Crippen LogP contribution in [0, 0.1) is 5.92 Å². The Balaban J connectivity index is 3.30. The van der Waals surface area contributed by atoms with Gasteiger partial charge in [0.25, 0.3) is 0 Å². The molecule has 0 rings (SSSR count). The van der Waals surface area contributed by atoms with Crippen molar-refractivity contribution >= 4 is 0 Å². The van der Waals surface area contributed by atoms with E-state index in [0.717, 1.165) is 12.8 Å². The van der Waals surface area contributed by atoms with E-state index in [9.17, 15) is 5.11 Å². The van der Waals surface area contributed by atoms with Crippen LogP contribution in [0.15, 0.2) is 0 Å². The van der Waals surface area contributed by atoms with Crippen molar-refractivity contribution in [3.05, 3.63) is 0 Å². The van der Waals surface area contributed by atoms with Crippen LogP contribution < -0.4 is 0 Å². The molecule has 0 aromatic rings. The monoisotopic (exact) mass is 270 g/mol. The molecule has 2 unspecified atom stereocenters. The fourth-order valence-electron chi connectivity index (χ4n) is 2.78. The standard InChI is InChI=1S/C18H38O/c1-4-6-8-9-10-11-13-15-18(19)16-17(3)14-12-7-5-2/h17-19H,4-16H2,1-3H3. The second kappa shape index (κ2) is 14.4. The van der Waals surface area contributed by atoms with Gasteiger partial charge in [-0.1, -0.05) is 91.4 Å². The number of hydrogen-bond donors (Lipinski definition) is 1. The summed E-state index contributed by atoms with van der Waals surface area (Å²) >= 11 is 0. The summed E-state index contributed by atoms with van der Waals surface area (Å²) in [5.74, 6) is 0.700. The number of aliphatic hydroxyl groups excluding tert-OH is 1. The molecule has 0 amide bonds. The van der Waals surface area contributed by atoms with Crippen molar-refractivity contribution < 1.29 is 5.11 Å². The maximum Gasteiger partial charge on any atom is 0.0542 e. The average molecular weight is 271 g/mol. The Bertz CT molecular complexity index is 167. The molecule has 0 aliphatic heterocycles. The summed E-state index contributed by atoms with van der Waals surface area (Å²) < 4.78 is 0. The van der Waals surface area contributed by atoms with Crippen molar-refractivity contribution in [2.75, 3.05) is 0 Å². The molecule has 1 N–H and O–H groups in total. The van der Waals surface area contributed by atoms with Gasteiger partial charge in [0.1, 0.15) is 0 Å². The quantitative estimate of drug-likeness (QED) is 0.378. The fraction of sp³-hybridized carbons (Fsp3) is 1.00. The smallest absolute Gasteiger partial charge is 0.0542 e. The van der Waals surface area contributed by atoms with E-state index in [1.54, 1.807) is 0 Å². The number of rotatable bonds is 14. The zero-order valence-electron chi connectivity index (χ0n) is 13.8. The van der Waals surface area contributed by atoms with E-state index in [-0.39, 0.29) is 6.10 Å². The van der Waals surface area contributed by atoms with E-state index >= 15 is 0 Å². The highest BCUT2D eigenvalue weighted by molar-refractivity contribution is 4.62. The van der Waals surface area contributed by atoms with Gasteiger partial charge in [-0.3, -0.25) is 0 Å². The van der Waals surface area contributed by atoms with E-state index in [1.807, 2.05) is 0 Å². The number of aliphatic hydroxyl groups is 1. The summed E-state index contributed by atoms with van der Waals surface area (Å²) in [6, 6.07) is 0. The first-order chi connectivity index (χ1) is 9.20. The topological polar surface area (TPSA) is 20.2 Å². The first-order valence-electron chi connectivity index (χ1n) is 8.88. The van der Waals surface area contributed by atoms with Crippen molar-refractivity contribution in [2.24, 2.45) is 5.92 Å². The first-order valence-corrected chi connectivity index (χ1v) is 8.88. The first kappa shape index (κ1) is 19.0. The largest absolute Gasteiger partial charge is 0.393 e. The van der Waals surface area contributed by atoms with Gasteiger partial charge < -0.3 is 5.11 Å². The van der Waals surface area contributed by atoms with Crippen LogP contribution in [-0.4, -0.2) is 11.2 Å². The summed E-state index contributed by atoms with van der Waals surface area (Å²) in [6.45, 7) is 6.81. The molecule has 0 spiro atoms. The third kappa shape index (κ3) is 14.2. The average Bonchev–Trinajstić information content (AvgIpc) is 2.38. The molecule has 0 aliphatic carbocycles. The lowest BCUT2D eigenvalue weighted by Gasteiger charge is -2.16. The molecule has 0 saturated heterocycles. The highest BCUT2D eigenvalue weighted by Crippen LogP contribution is 2.18. The number of unbranched alkanes of at least 4 members (excludes halogenated alkanes) is 8. The molecule has 0 aromatic carbocycles. The second-order valence-electron chi connectivity index (χ2n) is 6.40. The Hall–Kier alpha value is -0.0400. The van der Waals surface area contributed by atoms with Crippen LogP contribution in [0.25, 0.3) is 0 Å². The van der Waals surface area contributed by atoms with Crippen LogP contribution in [0.4, 0.5) is 0 Å². The molecule has 116 valence electrons. The zero-order chi connectivity index (χ0) is 14.3. The van der Waals surface area contributed by atoms with Gasteiger partial charge in [-0.15, -0.1) is 0 Å². The summed E-state index contributed by atoms with van der Waals surface area (Å²) in [5, 5.41) is 10.0. The molecule has 0 bridgehead atoms. The van der Waals surface area contributed by atoms with E-state index in [4.69, 9.17) is 0 Å². The normalized spacial score (nSPS) is 14.5. The Morgan fingerprint density at radius 1 is 0.684 bits per heavy atom. The fourth-order valence-corrected chi connectivity index (χ4v) is 2.78. The molecule has 0 aliphatic rings. The van der Waals surface area contributed by atoms with Crippen LogP contribution in [-0.2, 0) is 0 Å². The van der Waals surface area contributed by atoms with Crippen LogP contribution in [0.1, 0.15) is 104 Å². The molecular formula is C18H38O. The van der Waals surface area contributed by atoms with Gasteiger partial charge in [-0.25, -0.2) is 0 Å². The van der Waals surface area contributed by atoms with E-state index < -0.39 is 0 Å². The lowest BCUT2D eigenvalue weighted by Crippen LogP contribution is -2.11. The molecule has 0 radical (unpaired) electrons. The molecule has 0 aromatic heterocycles. The van der Waals surface area contributed by atoms with Crippen LogP contribution in [0.5, 0.6) is 0 Å². The Morgan fingerprint density at radius 3 is 1.79 bits per heavy atom. The lowest BCUT2D eigenvalue weighted by molar-refractivity contribution is 0.130. The Kier molecular flexibility index (Phi) is 14.3. The highest BCUT2D eigenvalue weighted by atomic mass is 16.3. The molecule has 0 heterocycles. The van der Waals surface area contributed by atoms with Gasteiger partial charge >= 0.3 is 0 Å². The van der Waals surface area contributed by atoms with Gasteiger partial charge in [-0.2, -0.15) is 0 Å². The Morgan fingerprint density at radius 2 is 1.16 bits per heavy atom. The number of hydrogen-bond acceptors (Lipinski definition) is 1. The molecule has 1 heteroatoms. The van der Waals surface area contributed by atoms with Gasteiger partial charge in [-0.05, 0) is 18.8 Å². The van der Waals surface area contributed by atoms with E-state index in [0.29, 0.717) is 5.92 Å². The summed E-state index contributed by atoms with van der Waals surface area (Å²) in [5.41, 5.74) is 0. The van der Waals surface area contributed by atoms with Crippen molar-refractivity contribution in [3.63, 3.8) is 0 Å². The van der Waals surface area contributed by atoms with Crippen molar-refractivity contribution in [2.45, 2.75) is 110 Å². The second-order valence-corrected chi connectivity index (χ2v) is 6.40. The van der Waals surface area contributed by atoms with Crippen molar-refractivity contribution in [3.8, 4) is 0 Å². The summed E-state index contributed by atoms with van der Waals surface area (Å²) in [4.78, 5) is 0. The third-order valence-electron chi connectivity index (χ3n) is 4.12.